The average Bonchev–Trinajstić information content (AvgIpc) is 2.12. The van der Waals surface area contributed by atoms with Crippen LogP contribution in [0.3, 0.4) is 0 Å². The van der Waals surface area contributed by atoms with Gasteiger partial charge in [0.2, 0.25) is 0 Å². The molecule has 0 fully saturated rings. The molecule has 1 unspecified atom stereocenters. The third-order valence-electron chi connectivity index (χ3n) is 1.29. The van der Waals surface area contributed by atoms with Gasteiger partial charge in [-0.05, 0) is 0 Å². The van der Waals surface area contributed by atoms with Crippen LogP contribution in [0.15, 0.2) is 0 Å². The fourth-order valence-corrected chi connectivity index (χ4v) is 0.860. The normalized spacial score (nSPS) is 16.8. The number of rotatable bonds is 5. The van der Waals surface area contributed by atoms with Gasteiger partial charge in [0, 0.05) is 0 Å². The zero-order valence-electron chi connectivity index (χ0n) is 7.27. The van der Waals surface area contributed by atoms with Crippen molar-refractivity contribution in [1.29, 1.82) is 0 Å². The Morgan fingerprint density at radius 2 is 1.75 bits per heavy atom. The van der Waals surface area contributed by atoms with Gasteiger partial charge in [0.05, 0.1) is 4.92 Å². The van der Waals surface area contributed by atoms with Crippen LogP contribution in [0.2, 0.25) is 0 Å². The fourth-order valence-electron chi connectivity index (χ4n) is 0.391. The van der Waals surface area contributed by atoms with Crippen molar-refractivity contribution in [3.8, 4) is 0 Å². The Labute approximate surface area is 85.9 Å². The average molecular weight is 271 g/mol. The molecule has 0 saturated heterocycles. The topological polar surface area (TPSA) is 107 Å². The van der Waals surface area contributed by atoms with Crippen LogP contribution in [0.1, 0.15) is 0 Å². The molecule has 0 radical (unpaired) electrons. The van der Waals surface area contributed by atoms with Gasteiger partial charge in [-0.3, -0.25) is 14.3 Å². The molecule has 1 N–H and O–H groups in total. The third-order valence-corrected chi connectivity index (χ3v) is 2.28. The highest BCUT2D eigenvalue weighted by molar-refractivity contribution is 7.87. The van der Waals surface area contributed by atoms with Gasteiger partial charge in [0.25, 0.3) is 0 Å². The van der Waals surface area contributed by atoms with Gasteiger partial charge in [0.15, 0.2) is 6.61 Å². The van der Waals surface area contributed by atoms with Crippen molar-refractivity contribution in [3.63, 3.8) is 0 Å². The van der Waals surface area contributed by atoms with Crippen molar-refractivity contribution < 1.29 is 40.2 Å². The summed E-state index contributed by atoms with van der Waals surface area (Å²) in [5, 5.41) is 18.1. The predicted molar refractivity (Wildman–Crippen MR) is 38.8 cm³/mol. The molecule has 0 saturated carbocycles. The summed E-state index contributed by atoms with van der Waals surface area (Å²) in [6.45, 7) is -3.90. The van der Waals surface area contributed by atoms with Gasteiger partial charge in [-0.2, -0.15) is 26.0 Å². The van der Waals surface area contributed by atoms with Crippen molar-refractivity contribution >= 4 is 10.1 Å². The molecule has 7 nitrogen and oxygen atoms in total. The Bertz CT molecular complexity index is 365. The van der Waals surface area contributed by atoms with Crippen LogP contribution >= 0.6 is 0 Å². The van der Waals surface area contributed by atoms with Crippen molar-refractivity contribution in [3.05, 3.63) is 10.1 Å². The lowest BCUT2D eigenvalue weighted by Gasteiger charge is -2.14. The highest BCUT2D eigenvalue weighted by atomic mass is 32.2. The lowest BCUT2D eigenvalue weighted by Crippen LogP contribution is -2.44. The van der Waals surface area contributed by atoms with E-state index in [1.165, 1.54) is 0 Å². The van der Waals surface area contributed by atoms with Gasteiger partial charge in [-0.15, -0.1) is 0 Å². The van der Waals surface area contributed by atoms with E-state index in [1.807, 2.05) is 0 Å². The molecular formula is C4H5F4NO6S. The molecule has 96 valence electrons. The first-order valence-electron chi connectivity index (χ1n) is 3.36. The Hall–Kier alpha value is -1.01. The summed E-state index contributed by atoms with van der Waals surface area (Å²) >= 11 is 0. The molecule has 0 aliphatic heterocycles. The van der Waals surface area contributed by atoms with Crippen molar-refractivity contribution in [1.82, 2.24) is 0 Å². The van der Waals surface area contributed by atoms with E-state index in [0.717, 1.165) is 0 Å². The Kier molecular flexibility index (Phi) is 4.18. The largest absolute Gasteiger partial charge is 0.523 e. The van der Waals surface area contributed by atoms with Crippen LogP contribution < -0.4 is 0 Å². The monoisotopic (exact) mass is 271 g/mol. The highest BCUT2D eigenvalue weighted by Gasteiger charge is 2.52. The summed E-state index contributed by atoms with van der Waals surface area (Å²) in [7, 11) is -6.13. The summed E-state index contributed by atoms with van der Waals surface area (Å²) in [4.78, 5) is 8.14. The molecule has 1 atom stereocenters. The summed E-state index contributed by atoms with van der Waals surface area (Å²) in [5.41, 5.74) is -5.82. The van der Waals surface area contributed by atoms with E-state index >= 15 is 0 Å². The molecule has 12 heteroatoms. The minimum absolute atomic E-state index is 1.79. The van der Waals surface area contributed by atoms with Crippen LogP contribution in [-0.4, -0.2) is 43.0 Å². The van der Waals surface area contributed by atoms with E-state index in [2.05, 4.69) is 4.18 Å². The summed E-state index contributed by atoms with van der Waals surface area (Å²) < 4.78 is 71.3. The lowest BCUT2D eigenvalue weighted by atomic mass is 10.3. The first kappa shape index (κ1) is 15.0. The number of alkyl halides is 4. The summed E-state index contributed by atoms with van der Waals surface area (Å²) in [6.07, 6.45) is 0. The number of halogens is 4. The van der Waals surface area contributed by atoms with Crippen molar-refractivity contribution in [2.75, 3.05) is 13.2 Å². The molecule has 0 rings (SSSR count). The van der Waals surface area contributed by atoms with Crippen LogP contribution in [0.25, 0.3) is 0 Å². The molecule has 0 aromatic rings. The van der Waals surface area contributed by atoms with Crippen molar-refractivity contribution in [2.45, 2.75) is 11.3 Å². The minimum atomic E-state index is -6.13. The second-order valence-electron chi connectivity index (χ2n) is 2.50. The van der Waals surface area contributed by atoms with Crippen LogP contribution in [0.4, 0.5) is 17.6 Å². The number of hydrogen-bond acceptors (Lipinski definition) is 6. The van der Waals surface area contributed by atoms with Gasteiger partial charge < -0.3 is 5.11 Å². The molecule has 0 aromatic heterocycles. The second kappa shape index (κ2) is 4.47. The number of nitro groups is 1. The Morgan fingerprint density at radius 3 is 2.00 bits per heavy atom. The molecule has 16 heavy (non-hydrogen) atoms. The molecule has 0 aromatic carbocycles. The highest BCUT2D eigenvalue weighted by Crippen LogP contribution is 2.26. The predicted octanol–water partition coefficient (Wildman–Crippen LogP) is -0.213. The maximum atomic E-state index is 12.9. The standard InChI is InChI=1S/C4H5F4NO6S/c5-3(1-10,9(11)12)2-15-16(13,14)4(6,7)8/h10H,1-2H2. The zero-order valence-corrected chi connectivity index (χ0v) is 8.09. The zero-order chi connectivity index (χ0) is 13.2. The quantitative estimate of drug-likeness (QED) is 0.185. The van der Waals surface area contributed by atoms with Gasteiger partial charge >= 0.3 is 21.4 Å². The van der Waals surface area contributed by atoms with Crippen LogP contribution in [0.5, 0.6) is 0 Å². The fraction of sp³-hybridized carbons (Fsp3) is 1.00. The van der Waals surface area contributed by atoms with E-state index in [0.29, 0.717) is 0 Å². The third kappa shape index (κ3) is 3.24. The number of aliphatic hydroxyl groups excluding tert-OH is 1. The van der Waals surface area contributed by atoms with E-state index in [9.17, 15) is 36.1 Å². The van der Waals surface area contributed by atoms with Crippen LogP contribution in [0, 0.1) is 10.1 Å². The number of aliphatic hydroxyl groups is 1. The maximum absolute atomic E-state index is 12.9. The molecule has 0 heterocycles. The van der Waals surface area contributed by atoms with Crippen molar-refractivity contribution in [2.24, 2.45) is 0 Å². The SMILES string of the molecule is O=[N+]([O-])C(F)(CO)COS(=O)(=O)C(F)(F)F. The van der Waals surface area contributed by atoms with E-state index < -0.39 is 39.6 Å². The first-order valence-corrected chi connectivity index (χ1v) is 4.77. The second-order valence-corrected chi connectivity index (χ2v) is 4.10. The van der Waals surface area contributed by atoms with E-state index in [4.69, 9.17) is 5.11 Å². The lowest BCUT2D eigenvalue weighted by molar-refractivity contribution is -0.611. The van der Waals surface area contributed by atoms with Gasteiger partial charge in [0.1, 0.15) is 6.61 Å². The van der Waals surface area contributed by atoms with Gasteiger partial charge in [-0.1, -0.05) is 0 Å². The summed E-state index contributed by atoms with van der Waals surface area (Å²) in [5.74, 6) is -3.81. The van der Waals surface area contributed by atoms with E-state index in [1.54, 1.807) is 0 Å². The Balaban J connectivity index is 4.76. The minimum Gasteiger partial charge on any atom is -0.386 e. The molecule has 0 amide bonds. The van der Waals surface area contributed by atoms with Crippen LogP contribution in [-0.2, 0) is 14.3 Å². The Morgan fingerprint density at radius 1 is 1.31 bits per heavy atom. The maximum Gasteiger partial charge on any atom is 0.523 e. The molecule has 0 aliphatic carbocycles. The molecule has 0 aliphatic rings. The molecular weight excluding hydrogens is 266 g/mol. The summed E-state index contributed by atoms with van der Waals surface area (Å²) in [6, 6.07) is 0. The van der Waals surface area contributed by atoms with E-state index in [-0.39, 0.29) is 0 Å². The molecule has 0 bridgehead atoms. The van der Waals surface area contributed by atoms with Gasteiger partial charge in [-0.25, -0.2) is 0 Å². The number of nitrogens with zero attached hydrogens (tertiary/aromatic N) is 1. The first-order chi connectivity index (χ1) is 6.96. The number of hydrogen-bond donors (Lipinski definition) is 1. The smallest absolute Gasteiger partial charge is 0.386 e. The molecule has 0 spiro atoms.